The van der Waals surface area contributed by atoms with Crippen molar-refractivity contribution in [3.05, 3.63) is 33.8 Å². The maximum Gasteiger partial charge on any atom is 0.232 e. The number of benzene rings is 1. The van der Waals surface area contributed by atoms with Crippen LogP contribution in [0.2, 0.25) is 10.0 Å². The molecule has 0 bridgehead atoms. The van der Waals surface area contributed by atoms with Gasteiger partial charge in [-0.05, 0) is 18.6 Å². The minimum absolute atomic E-state index is 0.0262. The standard InChI is InChI=1S/C12H15Cl2NO2S/c1-2-6-15-12(16)8-18(17)7-9-10(13)4-3-5-11(9)14/h3-5H,2,6-8H2,1H3,(H,15,16)/t18-/m1/s1. The van der Waals surface area contributed by atoms with E-state index in [9.17, 15) is 9.00 Å². The van der Waals surface area contributed by atoms with Gasteiger partial charge in [-0.15, -0.1) is 0 Å². The van der Waals surface area contributed by atoms with Crippen LogP contribution < -0.4 is 5.32 Å². The average molecular weight is 308 g/mol. The quantitative estimate of drug-likeness (QED) is 0.878. The molecule has 0 heterocycles. The Balaban J connectivity index is 2.57. The highest BCUT2D eigenvalue weighted by atomic mass is 35.5. The third kappa shape index (κ3) is 4.96. The van der Waals surface area contributed by atoms with Crippen LogP contribution in [0.25, 0.3) is 0 Å². The fourth-order valence-electron chi connectivity index (χ4n) is 1.34. The predicted octanol–water partition coefficient (Wildman–Crippen LogP) is 2.77. The number of halogens is 2. The Hall–Kier alpha value is -0.580. The zero-order valence-electron chi connectivity index (χ0n) is 10.0. The predicted molar refractivity (Wildman–Crippen MR) is 76.5 cm³/mol. The Labute approximate surface area is 119 Å². The van der Waals surface area contributed by atoms with Gasteiger partial charge in [0.05, 0.1) is 5.75 Å². The fourth-order valence-corrected chi connectivity index (χ4v) is 3.16. The molecule has 100 valence electrons. The molecule has 0 saturated heterocycles. The number of rotatable bonds is 6. The minimum Gasteiger partial charge on any atom is -0.355 e. The lowest BCUT2D eigenvalue weighted by Gasteiger charge is -2.07. The van der Waals surface area contributed by atoms with Crippen LogP contribution in [0.1, 0.15) is 18.9 Å². The van der Waals surface area contributed by atoms with Crippen LogP contribution in [0.15, 0.2) is 18.2 Å². The van der Waals surface area contributed by atoms with Crippen molar-refractivity contribution < 1.29 is 9.00 Å². The highest BCUT2D eigenvalue weighted by Gasteiger charge is 2.12. The summed E-state index contributed by atoms with van der Waals surface area (Å²) in [6, 6.07) is 5.11. The van der Waals surface area contributed by atoms with Gasteiger partial charge < -0.3 is 5.32 Å². The molecule has 0 spiro atoms. The smallest absolute Gasteiger partial charge is 0.232 e. The van der Waals surface area contributed by atoms with E-state index in [1.54, 1.807) is 18.2 Å². The first-order valence-electron chi connectivity index (χ1n) is 5.59. The molecule has 1 aromatic carbocycles. The molecule has 0 aliphatic rings. The highest BCUT2D eigenvalue weighted by molar-refractivity contribution is 7.84. The van der Waals surface area contributed by atoms with Crippen LogP contribution in [0.3, 0.4) is 0 Å². The summed E-state index contributed by atoms with van der Waals surface area (Å²) in [4.78, 5) is 11.4. The van der Waals surface area contributed by atoms with Crippen molar-refractivity contribution in [2.45, 2.75) is 19.1 Å². The van der Waals surface area contributed by atoms with E-state index in [1.807, 2.05) is 6.92 Å². The van der Waals surface area contributed by atoms with Crippen molar-refractivity contribution >= 4 is 39.9 Å². The molecule has 3 nitrogen and oxygen atoms in total. The zero-order valence-corrected chi connectivity index (χ0v) is 12.4. The van der Waals surface area contributed by atoms with Gasteiger partial charge in [0.15, 0.2) is 0 Å². The Bertz CT molecular complexity index is 431. The van der Waals surface area contributed by atoms with Crippen molar-refractivity contribution in [1.29, 1.82) is 0 Å². The lowest BCUT2D eigenvalue weighted by atomic mass is 10.2. The Morgan fingerprint density at radius 2 is 1.94 bits per heavy atom. The van der Waals surface area contributed by atoms with Gasteiger partial charge in [0.2, 0.25) is 5.91 Å². The van der Waals surface area contributed by atoms with E-state index >= 15 is 0 Å². The van der Waals surface area contributed by atoms with E-state index in [1.165, 1.54) is 0 Å². The summed E-state index contributed by atoms with van der Waals surface area (Å²) in [5.74, 6) is -0.0436. The van der Waals surface area contributed by atoms with Crippen molar-refractivity contribution in [3.8, 4) is 0 Å². The third-order valence-electron chi connectivity index (χ3n) is 2.23. The second kappa shape index (κ2) is 7.77. The highest BCUT2D eigenvalue weighted by Crippen LogP contribution is 2.25. The van der Waals surface area contributed by atoms with Gasteiger partial charge in [-0.25, -0.2) is 0 Å². The molecule has 18 heavy (non-hydrogen) atoms. The minimum atomic E-state index is -1.31. The molecular weight excluding hydrogens is 293 g/mol. The SMILES string of the molecule is CCCNC(=O)C[S@](=O)Cc1c(Cl)cccc1Cl. The number of hydrogen-bond acceptors (Lipinski definition) is 2. The summed E-state index contributed by atoms with van der Waals surface area (Å²) in [7, 11) is -1.31. The molecule has 0 unspecified atom stereocenters. The molecule has 1 atom stereocenters. The summed E-state index contributed by atoms with van der Waals surface area (Å²) in [5.41, 5.74) is 0.627. The van der Waals surface area contributed by atoms with Crippen LogP contribution in [-0.4, -0.2) is 22.4 Å². The van der Waals surface area contributed by atoms with Gasteiger partial charge in [0, 0.05) is 33.0 Å². The molecule has 0 aliphatic carbocycles. The maximum atomic E-state index is 11.8. The van der Waals surface area contributed by atoms with Gasteiger partial charge in [-0.2, -0.15) is 0 Å². The fraction of sp³-hybridized carbons (Fsp3) is 0.417. The molecule has 1 N–H and O–H groups in total. The molecule has 1 rings (SSSR count). The first-order chi connectivity index (χ1) is 8.54. The topological polar surface area (TPSA) is 46.2 Å². The van der Waals surface area contributed by atoms with Crippen molar-refractivity contribution in [2.75, 3.05) is 12.3 Å². The van der Waals surface area contributed by atoms with E-state index in [2.05, 4.69) is 5.32 Å². The Morgan fingerprint density at radius 3 is 2.50 bits per heavy atom. The summed E-state index contributed by atoms with van der Waals surface area (Å²) in [6.45, 7) is 2.56. The summed E-state index contributed by atoms with van der Waals surface area (Å²) >= 11 is 11.9. The molecule has 0 radical (unpaired) electrons. The van der Waals surface area contributed by atoms with Crippen LogP contribution in [-0.2, 0) is 21.3 Å². The molecular formula is C12H15Cl2NO2S. The molecule has 6 heteroatoms. The first kappa shape index (κ1) is 15.5. The molecule has 1 amide bonds. The first-order valence-corrected chi connectivity index (χ1v) is 7.83. The third-order valence-corrected chi connectivity index (χ3v) is 4.13. The lowest BCUT2D eigenvalue weighted by molar-refractivity contribution is -0.118. The molecule has 0 saturated carbocycles. The van der Waals surface area contributed by atoms with Gasteiger partial charge in [0.25, 0.3) is 0 Å². The number of amides is 1. The van der Waals surface area contributed by atoms with Gasteiger partial charge in [-0.3, -0.25) is 9.00 Å². The molecule has 0 aliphatic heterocycles. The second-order valence-corrected chi connectivity index (χ2v) is 6.05. The average Bonchev–Trinajstić information content (AvgIpc) is 2.31. The monoisotopic (exact) mass is 307 g/mol. The van der Waals surface area contributed by atoms with Crippen LogP contribution in [0, 0.1) is 0 Å². The molecule has 0 aromatic heterocycles. The Kier molecular flexibility index (Phi) is 6.68. The van der Waals surface area contributed by atoms with Crippen molar-refractivity contribution in [2.24, 2.45) is 0 Å². The van der Waals surface area contributed by atoms with Crippen molar-refractivity contribution in [1.82, 2.24) is 5.32 Å². The van der Waals surface area contributed by atoms with Gasteiger partial charge >= 0.3 is 0 Å². The molecule has 0 fully saturated rings. The normalized spacial score (nSPS) is 12.2. The largest absolute Gasteiger partial charge is 0.355 e. The maximum absolute atomic E-state index is 11.8. The second-order valence-electron chi connectivity index (χ2n) is 3.78. The van der Waals surface area contributed by atoms with E-state index in [4.69, 9.17) is 23.2 Å². The van der Waals surface area contributed by atoms with Crippen LogP contribution in [0.4, 0.5) is 0 Å². The van der Waals surface area contributed by atoms with Crippen LogP contribution >= 0.6 is 23.2 Å². The van der Waals surface area contributed by atoms with Crippen molar-refractivity contribution in [3.63, 3.8) is 0 Å². The zero-order chi connectivity index (χ0) is 13.5. The molecule has 1 aromatic rings. The van der Waals surface area contributed by atoms with E-state index in [0.29, 0.717) is 22.2 Å². The Morgan fingerprint density at radius 1 is 1.33 bits per heavy atom. The van der Waals surface area contributed by atoms with E-state index in [-0.39, 0.29) is 17.4 Å². The van der Waals surface area contributed by atoms with E-state index in [0.717, 1.165) is 6.42 Å². The number of nitrogens with one attached hydrogen (secondary N) is 1. The van der Waals surface area contributed by atoms with E-state index < -0.39 is 10.8 Å². The number of hydrogen-bond donors (Lipinski definition) is 1. The van der Waals surface area contributed by atoms with Gasteiger partial charge in [0.1, 0.15) is 5.75 Å². The number of carbonyl (C=O) groups excluding carboxylic acids is 1. The summed E-state index contributed by atoms with van der Waals surface area (Å²) < 4.78 is 11.8. The number of carbonyl (C=O) groups is 1. The summed E-state index contributed by atoms with van der Waals surface area (Å²) in [5, 5.41) is 3.63. The van der Waals surface area contributed by atoms with Crippen LogP contribution in [0.5, 0.6) is 0 Å². The lowest BCUT2D eigenvalue weighted by Crippen LogP contribution is -2.29. The summed E-state index contributed by atoms with van der Waals surface area (Å²) in [6.07, 6.45) is 0.856. The van der Waals surface area contributed by atoms with Gasteiger partial charge in [-0.1, -0.05) is 36.2 Å².